The van der Waals surface area contributed by atoms with Gasteiger partial charge in [-0.3, -0.25) is 4.90 Å². The Bertz CT molecular complexity index is 620. The molecular weight excluding hydrogens is 312 g/mol. The number of hydrogen-bond donors (Lipinski definition) is 0. The van der Waals surface area contributed by atoms with E-state index in [1.165, 1.54) is 0 Å². The first-order valence-corrected chi connectivity index (χ1v) is 8.52. The molecule has 3 rings (SSSR count). The van der Waals surface area contributed by atoms with Gasteiger partial charge in [-0.25, -0.2) is 4.68 Å². The molecule has 0 atom stereocenters. The van der Waals surface area contributed by atoms with Gasteiger partial charge < -0.3 is 4.74 Å². The molecule has 2 heterocycles. The molecule has 0 bridgehead atoms. The van der Waals surface area contributed by atoms with E-state index in [0.717, 1.165) is 49.0 Å². The van der Waals surface area contributed by atoms with Crippen LogP contribution >= 0.6 is 11.6 Å². The molecule has 1 aromatic carbocycles. The highest BCUT2D eigenvalue weighted by Gasteiger charge is 2.24. The summed E-state index contributed by atoms with van der Waals surface area (Å²) in [6.07, 6.45) is 4.17. The molecule has 0 radical (unpaired) electrons. The molecule has 1 aliphatic heterocycles. The molecule has 0 N–H and O–H groups in total. The number of benzene rings is 1. The van der Waals surface area contributed by atoms with E-state index in [4.69, 9.17) is 16.3 Å². The number of nitrogens with zero attached hydrogens (tertiary/aromatic N) is 4. The van der Waals surface area contributed by atoms with Crippen molar-refractivity contribution in [2.45, 2.75) is 45.3 Å². The second-order valence-electron chi connectivity index (χ2n) is 6.24. The van der Waals surface area contributed by atoms with Crippen LogP contribution in [-0.4, -0.2) is 45.2 Å². The average Bonchev–Trinajstić information content (AvgIpc) is 3.02. The average molecular weight is 335 g/mol. The van der Waals surface area contributed by atoms with Crippen molar-refractivity contribution in [2.75, 3.05) is 13.2 Å². The van der Waals surface area contributed by atoms with Crippen LogP contribution in [0.3, 0.4) is 0 Å². The summed E-state index contributed by atoms with van der Waals surface area (Å²) in [6.45, 7) is 6.99. The molecule has 5 nitrogen and oxygen atoms in total. The Labute approximate surface area is 142 Å². The van der Waals surface area contributed by atoms with E-state index in [-0.39, 0.29) is 0 Å². The molecule has 124 valence electrons. The summed E-state index contributed by atoms with van der Waals surface area (Å²) in [5.74, 6) is 0. The summed E-state index contributed by atoms with van der Waals surface area (Å²) >= 11 is 5.93. The van der Waals surface area contributed by atoms with Crippen molar-refractivity contribution in [3.63, 3.8) is 0 Å². The zero-order chi connectivity index (χ0) is 16.2. The highest BCUT2D eigenvalue weighted by molar-refractivity contribution is 6.30. The fourth-order valence-corrected chi connectivity index (χ4v) is 3.15. The lowest BCUT2D eigenvalue weighted by Crippen LogP contribution is -2.43. The zero-order valence-electron chi connectivity index (χ0n) is 13.7. The highest BCUT2D eigenvalue weighted by atomic mass is 35.5. The Morgan fingerprint density at radius 3 is 2.61 bits per heavy atom. The predicted molar refractivity (Wildman–Crippen MR) is 90.9 cm³/mol. The van der Waals surface area contributed by atoms with Crippen LogP contribution in [0.2, 0.25) is 5.02 Å². The molecule has 1 fully saturated rings. The van der Waals surface area contributed by atoms with Gasteiger partial charge in [0.25, 0.3) is 0 Å². The molecular formula is C17H23ClN4O. The first-order valence-electron chi connectivity index (χ1n) is 8.14. The maximum Gasteiger partial charge on any atom is 0.0972 e. The van der Waals surface area contributed by atoms with Gasteiger partial charge in [-0.15, -0.1) is 5.10 Å². The predicted octanol–water partition coefficient (Wildman–Crippen LogP) is 3.31. The Kier molecular flexibility index (Phi) is 5.30. The van der Waals surface area contributed by atoms with Gasteiger partial charge in [-0.1, -0.05) is 16.8 Å². The SMILES string of the molecule is CC(C)N(Cc1cn(-c2ccc(Cl)cc2)nn1)C1CCOCC1. The zero-order valence-corrected chi connectivity index (χ0v) is 14.4. The van der Waals surface area contributed by atoms with Crippen molar-refractivity contribution in [1.29, 1.82) is 0 Å². The summed E-state index contributed by atoms with van der Waals surface area (Å²) in [5, 5.41) is 9.31. The molecule has 23 heavy (non-hydrogen) atoms. The number of aromatic nitrogens is 3. The molecule has 0 unspecified atom stereocenters. The third-order valence-corrected chi connectivity index (χ3v) is 4.55. The quantitative estimate of drug-likeness (QED) is 0.841. The Balaban J connectivity index is 1.72. The van der Waals surface area contributed by atoms with Crippen LogP contribution in [0.4, 0.5) is 0 Å². The van der Waals surface area contributed by atoms with Crippen LogP contribution in [0.1, 0.15) is 32.4 Å². The van der Waals surface area contributed by atoms with Crippen LogP contribution in [0.15, 0.2) is 30.5 Å². The van der Waals surface area contributed by atoms with Crippen molar-refractivity contribution in [3.05, 3.63) is 41.2 Å². The lowest BCUT2D eigenvalue weighted by Gasteiger charge is -2.36. The monoisotopic (exact) mass is 334 g/mol. The summed E-state index contributed by atoms with van der Waals surface area (Å²) in [5.41, 5.74) is 1.95. The molecule has 2 aromatic rings. The molecule has 0 saturated carbocycles. The second-order valence-corrected chi connectivity index (χ2v) is 6.68. The molecule has 1 saturated heterocycles. The van der Waals surface area contributed by atoms with E-state index in [1.807, 2.05) is 30.5 Å². The number of halogens is 1. The molecule has 1 aliphatic rings. The van der Waals surface area contributed by atoms with Gasteiger partial charge in [0.2, 0.25) is 0 Å². The van der Waals surface area contributed by atoms with E-state index in [2.05, 4.69) is 29.1 Å². The molecule has 0 aliphatic carbocycles. The summed E-state index contributed by atoms with van der Waals surface area (Å²) in [7, 11) is 0. The molecule has 0 spiro atoms. The van der Waals surface area contributed by atoms with Crippen molar-refractivity contribution in [1.82, 2.24) is 19.9 Å². The minimum atomic E-state index is 0.471. The second kappa shape index (κ2) is 7.43. The van der Waals surface area contributed by atoms with Crippen molar-refractivity contribution < 1.29 is 4.74 Å². The first kappa shape index (κ1) is 16.4. The van der Waals surface area contributed by atoms with E-state index in [0.29, 0.717) is 12.1 Å². The minimum Gasteiger partial charge on any atom is -0.381 e. The Morgan fingerprint density at radius 2 is 1.96 bits per heavy atom. The van der Waals surface area contributed by atoms with E-state index < -0.39 is 0 Å². The summed E-state index contributed by atoms with van der Waals surface area (Å²) in [6, 6.07) is 8.64. The minimum absolute atomic E-state index is 0.471. The van der Waals surface area contributed by atoms with Crippen molar-refractivity contribution >= 4 is 11.6 Å². The van der Waals surface area contributed by atoms with Gasteiger partial charge in [0.05, 0.1) is 17.6 Å². The first-order chi connectivity index (χ1) is 11.1. The molecule has 6 heteroatoms. The normalized spacial score (nSPS) is 16.4. The van der Waals surface area contributed by atoms with Gasteiger partial charge in [0, 0.05) is 36.9 Å². The van der Waals surface area contributed by atoms with Gasteiger partial charge in [0.1, 0.15) is 0 Å². The summed E-state index contributed by atoms with van der Waals surface area (Å²) in [4.78, 5) is 2.50. The van der Waals surface area contributed by atoms with Crippen molar-refractivity contribution in [3.8, 4) is 5.69 Å². The van der Waals surface area contributed by atoms with E-state index in [9.17, 15) is 0 Å². The molecule has 1 aromatic heterocycles. The lowest BCUT2D eigenvalue weighted by molar-refractivity contribution is 0.0183. The number of hydrogen-bond acceptors (Lipinski definition) is 4. The van der Waals surface area contributed by atoms with Gasteiger partial charge >= 0.3 is 0 Å². The maximum atomic E-state index is 5.93. The molecule has 0 amide bonds. The van der Waals surface area contributed by atoms with E-state index in [1.54, 1.807) is 4.68 Å². The van der Waals surface area contributed by atoms with Crippen LogP contribution in [-0.2, 0) is 11.3 Å². The smallest absolute Gasteiger partial charge is 0.0972 e. The van der Waals surface area contributed by atoms with Gasteiger partial charge in [-0.2, -0.15) is 0 Å². The number of ether oxygens (including phenoxy) is 1. The Morgan fingerprint density at radius 1 is 1.26 bits per heavy atom. The third-order valence-electron chi connectivity index (χ3n) is 4.30. The van der Waals surface area contributed by atoms with Crippen LogP contribution in [0, 0.1) is 0 Å². The third kappa shape index (κ3) is 4.10. The van der Waals surface area contributed by atoms with Crippen LogP contribution in [0.25, 0.3) is 5.69 Å². The van der Waals surface area contributed by atoms with E-state index >= 15 is 0 Å². The largest absolute Gasteiger partial charge is 0.381 e. The highest BCUT2D eigenvalue weighted by Crippen LogP contribution is 2.20. The Hall–Kier alpha value is -1.43. The number of rotatable bonds is 5. The summed E-state index contributed by atoms with van der Waals surface area (Å²) < 4.78 is 7.28. The van der Waals surface area contributed by atoms with Crippen LogP contribution < -0.4 is 0 Å². The van der Waals surface area contributed by atoms with Gasteiger partial charge in [0.15, 0.2) is 0 Å². The lowest BCUT2D eigenvalue weighted by atomic mass is 10.1. The van der Waals surface area contributed by atoms with Crippen molar-refractivity contribution in [2.24, 2.45) is 0 Å². The maximum absolute atomic E-state index is 5.93. The topological polar surface area (TPSA) is 43.2 Å². The fraction of sp³-hybridized carbons (Fsp3) is 0.529. The fourth-order valence-electron chi connectivity index (χ4n) is 3.03. The van der Waals surface area contributed by atoms with Crippen LogP contribution in [0.5, 0.6) is 0 Å². The van der Waals surface area contributed by atoms with Gasteiger partial charge in [-0.05, 0) is 51.0 Å². The standard InChI is InChI=1S/C17H23ClN4O/c1-13(2)21(16-7-9-23-10-8-16)11-15-12-22(20-19-15)17-5-3-14(18)4-6-17/h3-6,12-13,16H,7-11H2,1-2H3.